The minimum atomic E-state index is -2.45. The maximum Gasteiger partial charge on any atom is 0.220 e. The molecule has 0 fully saturated rings. The van der Waals surface area contributed by atoms with Gasteiger partial charge in [-0.2, -0.15) is 4.89 Å². The molecular weight excluding hydrogens is 275 g/mol. The Morgan fingerprint density at radius 2 is 1.21 bits per heavy atom. The Labute approximate surface area is 105 Å². The number of aliphatic hydroxyl groups excluding tert-OH is 1. The summed E-state index contributed by atoms with van der Waals surface area (Å²) in [5, 5.41) is 9.30. The summed E-state index contributed by atoms with van der Waals surface area (Å²) in [4.78, 5) is 8.77. The van der Waals surface area contributed by atoms with E-state index in [-0.39, 0.29) is 0 Å². The molecule has 0 spiro atoms. The molecule has 0 aliphatic rings. The second-order valence-electron chi connectivity index (χ2n) is 4.63. The van der Waals surface area contributed by atoms with Crippen molar-refractivity contribution in [3.8, 4) is 0 Å². The van der Waals surface area contributed by atoms with Crippen molar-refractivity contribution in [3.63, 3.8) is 0 Å². The van der Waals surface area contributed by atoms with Crippen LogP contribution >= 0.6 is 0 Å². The normalized spacial score (nSPS) is 13.7. The molecule has 19 heavy (non-hydrogen) atoms. The van der Waals surface area contributed by atoms with Crippen molar-refractivity contribution in [1.29, 1.82) is 0 Å². The number of aliphatic hydroxyl groups is 1. The second kappa shape index (κ2) is 5.40. The maximum absolute atomic E-state index is 13.3. The van der Waals surface area contributed by atoms with Gasteiger partial charge in [-0.1, -0.05) is 0 Å². The fourth-order valence-electron chi connectivity index (χ4n) is 1.08. The van der Waals surface area contributed by atoms with E-state index in [0.29, 0.717) is 0 Å². The van der Waals surface area contributed by atoms with Crippen LogP contribution in [0.1, 0.15) is 32.6 Å². The average molecular weight is 286 g/mol. The molecule has 3 nitrogen and oxygen atoms in total. The zero-order valence-corrected chi connectivity index (χ0v) is 10.2. The number of rotatable bonds is 3. The standard InChI is InChI=1S/C11H11F5O3/c1-11(2,3)19-18-10(17)4-5(12)7(14)9(16)8(15)6(4)13/h10,17H,1-3H3. The van der Waals surface area contributed by atoms with Crippen molar-refractivity contribution < 1.29 is 36.8 Å². The van der Waals surface area contributed by atoms with Gasteiger partial charge in [-0.05, 0) is 20.8 Å². The van der Waals surface area contributed by atoms with Crippen molar-refractivity contribution in [2.45, 2.75) is 32.7 Å². The molecule has 108 valence electrons. The molecule has 0 amide bonds. The first-order valence-corrected chi connectivity index (χ1v) is 5.10. The molecule has 0 saturated heterocycles. The van der Waals surface area contributed by atoms with Gasteiger partial charge in [0.2, 0.25) is 12.1 Å². The Kier molecular flexibility index (Phi) is 4.49. The second-order valence-corrected chi connectivity index (χ2v) is 4.63. The van der Waals surface area contributed by atoms with E-state index in [4.69, 9.17) is 0 Å². The number of hydrogen-bond acceptors (Lipinski definition) is 3. The number of hydrogen-bond donors (Lipinski definition) is 1. The highest BCUT2D eigenvalue weighted by atomic mass is 19.2. The molecular formula is C11H11F5O3. The van der Waals surface area contributed by atoms with Gasteiger partial charge >= 0.3 is 0 Å². The largest absolute Gasteiger partial charge is 0.362 e. The van der Waals surface area contributed by atoms with E-state index in [9.17, 15) is 27.1 Å². The van der Waals surface area contributed by atoms with E-state index in [1.807, 2.05) is 0 Å². The SMILES string of the molecule is CC(C)(C)OOC(O)c1c(F)c(F)c(F)c(F)c1F. The Balaban J connectivity index is 3.14. The zero-order chi connectivity index (χ0) is 15.0. The van der Waals surface area contributed by atoms with Gasteiger partial charge < -0.3 is 5.11 Å². The molecule has 1 aromatic rings. The van der Waals surface area contributed by atoms with E-state index < -0.39 is 46.5 Å². The van der Waals surface area contributed by atoms with Gasteiger partial charge in [-0.15, -0.1) is 0 Å². The van der Waals surface area contributed by atoms with Gasteiger partial charge in [0.25, 0.3) is 0 Å². The van der Waals surface area contributed by atoms with Gasteiger partial charge in [0.05, 0.1) is 11.2 Å². The molecule has 0 aliphatic carbocycles. The van der Waals surface area contributed by atoms with Crippen LogP contribution in [0.3, 0.4) is 0 Å². The Bertz CT molecular complexity index is 455. The van der Waals surface area contributed by atoms with E-state index in [2.05, 4.69) is 9.78 Å². The summed E-state index contributed by atoms with van der Waals surface area (Å²) < 4.78 is 65.0. The predicted octanol–water partition coefficient (Wildman–Crippen LogP) is 3.12. The fraction of sp³-hybridized carbons (Fsp3) is 0.455. The molecule has 1 N–H and O–H groups in total. The van der Waals surface area contributed by atoms with Crippen LogP contribution < -0.4 is 0 Å². The third-order valence-corrected chi connectivity index (χ3v) is 1.88. The summed E-state index contributed by atoms with van der Waals surface area (Å²) in [6.07, 6.45) is -2.45. The monoisotopic (exact) mass is 286 g/mol. The molecule has 0 heterocycles. The van der Waals surface area contributed by atoms with Crippen molar-refractivity contribution in [3.05, 3.63) is 34.6 Å². The first-order chi connectivity index (χ1) is 8.56. The summed E-state index contributed by atoms with van der Waals surface area (Å²) in [5.74, 6) is -11.0. The maximum atomic E-state index is 13.3. The lowest BCUT2D eigenvalue weighted by molar-refractivity contribution is -0.414. The van der Waals surface area contributed by atoms with Gasteiger partial charge in [0.15, 0.2) is 23.3 Å². The van der Waals surface area contributed by atoms with Gasteiger partial charge in [0.1, 0.15) is 0 Å². The Morgan fingerprint density at radius 1 is 0.842 bits per heavy atom. The molecule has 0 aliphatic heterocycles. The first kappa shape index (κ1) is 15.8. The summed E-state index contributed by atoms with van der Waals surface area (Å²) in [7, 11) is 0. The van der Waals surface area contributed by atoms with Crippen LogP contribution in [0, 0.1) is 29.1 Å². The summed E-state index contributed by atoms with van der Waals surface area (Å²) in [6, 6.07) is 0. The predicted molar refractivity (Wildman–Crippen MR) is 53.1 cm³/mol. The molecule has 0 aromatic heterocycles. The van der Waals surface area contributed by atoms with Crippen molar-refractivity contribution in [1.82, 2.24) is 0 Å². The molecule has 8 heteroatoms. The third-order valence-electron chi connectivity index (χ3n) is 1.88. The van der Waals surface area contributed by atoms with E-state index in [1.165, 1.54) is 20.8 Å². The van der Waals surface area contributed by atoms with Crippen LogP contribution in [-0.2, 0) is 9.78 Å². The van der Waals surface area contributed by atoms with Gasteiger partial charge in [-0.25, -0.2) is 26.8 Å². The van der Waals surface area contributed by atoms with Crippen LogP contribution in [0.25, 0.3) is 0 Å². The lowest BCUT2D eigenvalue weighted by atomic mass is 10.1. The highest BCUT2D eigenvalue weighted by Gasteiger charge is 2.31. The molecule has 1 unspecified atom stereocenters. The number of benzene rings is 1. The third kappa shape index (κ3) is 3.40. The summed E-state index contributed by atoms with van der Waals surface area (Å²) >= 11 is 0. The van der Waals surface area contributed by atoms with Crippen LogP contribution in [0.15, 0.2) is 0 Å². The van der Waals surface area contributed by atoms with E-state index in [1.54, 1.807) is 0 Å². The topological polar surface area (TPSA) is 38.7 Å². The van der Waals surface area contributed by atoms with Crippen molar-refractivity contribution in [2.24, 2.45) is 0 Å². The van der Waals surface area contributed by atoms with Crippen LogP contribution in [0.5, 0.6) is 0 Å². The fourth-order valence-corrected chi connectivity index (χ4v) is 1.08. The lowest BCUT2D eigenvalue weighted by Crippen LogP contribution is -2.22. The van der Waals surface area contributed by atoms with E-state index >= 15 is 0 Å². The smallest absolute Gasteiger partial charge is 0.220 e. The van der Waals surface area contributed by atoms with Crippen LogP contribution in [0.2, 0.25) is 0 Å². The summed E-state index contributed by atoms with van der Waals surface area (Å²) in [6.45, 7) is 4.45. The molecule has 1 aromatic carbocycles. The highest BCUT2D eigenvalue weighted by molar-refractivity contribution is 5.24. The first-order valence-electron chi connectivity index (χ1n) is 5.10. The molecule has 1 atom stereocenters. The minimum absolute atomic E-state index is 0.953. The number of halogens is 5. The molecule has 0 saturated carbocycles. The summed E-state index contributed by atoms with van der Waals surface area (Å²) in [5.41, 5.74) is -2.47. The minimum Gasteiger partial charge on any atom is -0.362 e. The van der Waals surface area contributed by atoms with Crippen molar-refractivity contribution >= 4 is 0 Å². The molecule has 1 rings (SSSR count). The lowest BCUT2D eigenvalue weighted by Gasteiger charge is -2.21. The van der Waals surface area contributed by atoms with Gasteiger partial charge in [0, 0.05) is 0 Å². The highest BCUT2D eigenvalue weighted by Crippen LogP contribution is 2.29. The van der Waals surface area contributed by atoms with Crippen LogP contribution in [-0.4, -0.2) is 10.7 Å². The van der Waals surface area contributed by atoms with Gasteiger partial charge in [-0.3, -0.25) is 0 Å². The average Bonchev–Trinajstić information content (AvgIpc) is 2.31. The zero-order valence-electron chi connectivity index (χ0n) is 10.2. The molecule has 0 radical (unpaired) electrons. The Morgan fingerprint density at radius 3 is 1.58 bits per heavy atom. The molecule has 0 bridgehead atoms. The van der Waals surface area contributed by atoms with Crippen LogP contribution in [0.4, 0.5) is 22.0 Å². The van der Waals surface area contributed by atoms with Crippen molar-refractivity contribution in [2.75, 3.05) is 0 Å². The Hall–Kier alpha value is -1.25. The quantitative estimate of drug-likeness (QED) is 0.232. The van der Waals surface area contributed by atoms with E-state index in [0.717, 1.165) is 0 Å².